The van der Waals surface area contributed by atoms with Crippen molar-refractivity contribution in [2.75, 3.05) is 11.9 Å². The molecule has 94 valence electrons. The molecule has 0 atom stereocenters. The number of hydrogen-bond donors (Lipinski definition) is 2. The van der Waals surface area contributed by atoms with Crippen molar-refractivity contribution < 1.29 is 13.5 Å². The molecule has 1 aromatic rings. The number of thiocarbonyl (C=S) groups is 1. The van der Waals surface area contributed by atoms with Crippen molar-refractivity contribution in [1.82, 2.24) is 5.32 Å². The summed E-state index contributed by atoms with van der Waals surface area (Å²) in [5, 5.41) is 6.14. The Labute approximate surface area is 104 Å². The van der Waals surface area contributed by atoms with Crippen molar-refractivity contribution in [3.63, 3.8) is 0 Å². The summed E-state index contributed by atoms with van der Waals surface area (Å²) in [6, 6.07) is 6.41. The molecular formula is C11H14F2N2OS. The van der Waals surface area contributed by atoms with Gasteiger partial charge in [-0.15, -0.1) is 0 Å². The van der Waals surface area contributed by atoms with E-state index in [0.29, 0.717) is 10.8 Å². The third kappa shape index (κ3) is 4.95. The highest BCUT2D eigenvalue weighted by Gasteiger charge is 2.09. The zero-order chi connectivity index (χ0) is 12.7. The molecular weight excluding hydrogens is 246 g/mol. The fourth-order valence-corrected chi connectivity index (χ4v) is 1.39. The van der Waals surface area contributed by atoms with Gasteiger partial charge >= 0.3 is 6.61 Å². The minimum Gasteiger partial charge on any atom is -0.433 e. The number of alkyl halides is 2. The molecule has 0 unspecified atom stereocenters. The summed E-state index contributed by atoms with van der Waals surface area (Å²) in [5.41, 5.74) is 0.418. The lowest BCUT2D eigenvalue weighted by molar-refractivity contribution is -0.0493. The molecule has 2 N–H and O–H groups in total. The third-order valence-corrected chi connectivity index (χ3v) is 2.13. The smallest absolute Gasteiger partial charge is 0.387 e. The van der Waals surface area contributed by atoms with E-state index in [1.54, 1.807) is 18.2 Å². The summed E-state index contributed by atoms with van der Waals surface area (Å²) in [6.07, 6.45) is 0.928. The summed E-state index contributed by atoms with van der Waals surface area (Å²) < 4.78 is 28.7. The van der Waals surface area contributed by atoms with Crippen molar-refractivity contribution in [3.05, 3.63) is 24.3 Å². The van der Waals surface area contributed by atoms with Crippen molar-refractivity contribution in [2.24, 2.45) is 0 Å². The molecule has 0 aliphatic heterocycles. The minimum absolute atomic E-state index is 0.0724. The molecule has 0 radical (unpaired) electrons. The van der Waals surface area contributed by atoms with Gasteiger partial charge in [-0.25, -0.2) is 0 Å². The molecule has 17 heavy (non-hydrogen) atoms. The normalized spacial score (nSPS) is 10.1. The number of ether oxygens (including phenoxy) is 1. The summed E-state index contributed by atoms with van der Waals surface area (Å²) in [5.74, 6) is 0.0724. The van der Waals surface area contributed by atoms with Gasteiger partial charge in [0.25, 0.3) is 0 Å². The first kappa shape index (κ1) is 13.6. The number of nitrogens with one attached hydrogen (secondary N) is 2. The summed E-state index contributed by atoms with van der Waals surface area (Å²) in [7, 11) is 0. The summed E-state index contributed by atoms with van der Waals surface area (Å²) >= 11 is 5.01. The fourth-order valence-electron chi connectivity index (χ4n) is 1.17. The molecule has 1 rings (SSSR count). The first-order valence-corrected chi connectivity index (χ1v) is 5.63. The Morgan fingerprint density at radius 1 is 1.41 bits per heavy atom. The van der Waals surface area contributed by atoms with Crippen LogP contribution in [0.25, 0.3) is 0 Å². The van der Waals surface area contributed by atoms with Gasteiger partial charge in [-0.3, -0.25) is 0 Å². The van der Waals surface area contributed by atoms with Gasteiger partial charge in [-0.05, 0) is 30.8 Å². The number of para-hydroxylation sites is 2. The second kappa shape index (κ2) is 7.01. The van der Waals surface area contributed by atoms with Gasteiger partial charge in [-0.1, -0.05) is 19.1 Å². The Kier molecular flexibility index (Phi) is 5.62. The monoisotopic (exact) mass is 260 g/mol. The van der Waals surface area contributed by atoms with Crippen molar-refractivity contribution in [2.45, 2.75) is 20.0 Å². The minimum atomic E-state index is -2.85. The van der Waals surface area contributed by atoms with E-state index in [-0.39, 0.29) is 5.75 Å². The predicted octanol–water partition coefficient (Wildman–Crippen LogP) is 2.98. The van der Waals surface area contributed by atoms with E-state index < -0.39 is 6.61 Å². The second-order valence-corrected chi connectivity index (χ2v) is 3.66. The number of halogens is 2. The molecule has 0 aliphatic carbocycles. The molecule has 3 nitrogen and oxygen atoms in total. The maximum atomic E-state index is 12.1. The van der Waals surface area contributed by atoms with E-state index in [4.69, 9.17) is 12.2 Å². The van der Waals surface area contributed by atoms with Gasteiger partial charge in [0.05, 0.1) is 5.69 Å². The van der Waals surface area contributed by atoms with Crippen LogP contribution in [0, 0.1) is 0 Å². The maximum Gasteiger partial charge on any atom is 0.387 e. The molecule has 0 amide bonds. The summed E-state index contributed by atoms with van der Waals surface area (Å²) in [6.45, 7) is -0.122. The first-order valence-electron chi connectivity index (χ1n) is 5.22. The van der Waals surface area contributed by atoms with Crippen LogP contribution in [0.3, 0.4) is 0 Å². The number of anilines is 1. The largest absolute Gasteiger partial charge is 0.433 e. The highest BCUT2D eigenvalue weighted by Crippen LogP contribution is 2.25. The Bertz CT molecular complexity index is 374. The Morgan fingerprint density at radius 3 is 2.76 bits per heavy atom. The van der Waals surface area contributed by atoms with E-state index in [2.05, 4.69) is 15.4 Å². The molecule has 0 heterocycles. The zero-order valence-corrected chi connectivity index (χ0v) is 10.2. The molecule has 6 heteroatoms. The van der Waals surface area contributed by atoms with Crippen LogP contribution in [0.2, 0.25) is 0 Å². The maximum absolute atomic E-state index is 12.1. The average molecular weight is 260 g/mol. The number of rotatable bonds is 5. The molecule has 0 fully saturated rings. The van der Waals surface area contributed by atoms with Gasteiger partial charge in [0, 0.05) is 6.54 Å². The second-order valence-electron chi connectivity index (χ2n) is 3.26. The van der Waals surface area contributed by atoms with Crippen LogP contribution in [-0.4, -0.2) is 18.3 Å². The van der Waals surface area contributed by atoms with Gasteiger partial charge in [0.15, 0.2) is 5.11 Å². The highest BCUT2D eigenvalue weighted by atomic mass is 32.1. The zero-order valence-electron chi connectivity index (χ0n) is 9.37. The van der Waals surface area contributed by atoms with Crippen molar-refractivity contribution in [1.29, 1.82) is 0 Å². The SMILES string of the molecule is CCCNC(=S)Nc1ccccc1OC(F)F. The molecule has 0 aromatic heterocycles. The van der Waals surface area contributed by atoms with Crippen LogP contribution < -0.4 is 15.4 Å². The fraction of sp³-hybridized carbons (Fsp3) is 0.364. The van der Waals surface area contributed by atoms with Crippen molar-refractivity contribution in [3.8, 4) is 5.75 Å². The van der Waals surface area contributed by atoms with E-state index in [1.807, 2.05) is 6.92 Å². The highest BCUT2D eigenvalue weighted by molar-refractivity contribution is 7.80. The lowest BCUT2D eigenvalue weighted by Crippen LogP contribution is -2.29. The molecule has 0 saturated heterocycles. The van der Waals surface area contributed by atoms with Gasteiger partial charge in [-0.2, -0.15) is 8.78 Å². The van der Waals surface area contributed by atoms with E-state index >= 15 is 0 Å². The lowest BCUT2D eigenvalue weighted by Gasteiger charge is -2.13. The average Bonchev–Trinajstić information content (AvgIpc) is 2.28. The standard InChI is InChI=1S/C11H14F2N2OS/c1-2-7-14-11(17)15-8-5-3-4-6-9(8)16-10(12)13/h3-6,10H,2,7H2,1H3,(H2,14,15,17). The van der Waals surface area contributed by atoms with Crippen molar-refractivity contribution >= 4 is 23.0 Å². The van der Waals surface area contributed by atoms with Crippen LogP contribution in [0.5, 0.6) is 5.75 Å². The quantitative estimate of drug-likeness (QED) is 0.797. The van der Waals surface area contributed by atoms with E-state index in [1.165, 1.54) is 6.07 Å². The topological polar surface area (TPSA) is 33.3 Å². The van der Waals surface area contributed by atoms with Gasteiger partial charge in [0.1, 0.15) is 5.75 Å². The lowest BCUT2D eigenvalue weighted by atomic mass is 10.3. The molecule has 0 spiro atoms. The van der Waals surface area contributed by atoms with Crippen LogP contribution in [0.4, 0.5) is 14.5 Å². The van der Waals surface area contributed by atoms with Crippen LogP contribution in [0.15, 0.2) is 24.3 Å². The first-order chi connectivity index (χ1) is 8.13. The summed E-state index contributed by atoms with van der Waals surface area (Å²) in [4.78, 5) is 0. The predicted molar refractivity (Wildman–Crippen MR) is 67.6 cm³/mol. The molecule has 1 aromatic carbocycles. The Balaban J connectivity index is 2.66. The number of benzene rings is 1. The van der Waals surface area contributed by atoms with Crippen LogP contribution >= 0.6 is 12.2 Å². The van der Waals surface area contributed by atoms with E-state index in [9.17, 15) is 8.78 Å². The Morgan fingerprint density at radius 2 is 2.12 bits per heavy atom. The van der Waals surface area contributed by atoms with E-state index in [0.717, 1.165) is 13.0 Å². The molecule has 0 aliphatic rings. The van der Waals surface area contributed by atoms with Crippen LogP contribution in [-0.2, 0) is 0 Å². The van der Waals surface area contributed by atoms with Crippen LogP contribution in [0.1, 0.15) is 13.3 Å². The molecule has 0 bridgehead atoms. The third-order valence-electron chi connectivity index (χ3n) is 1.89. The van der Waals surface area contributed by atoms with Gasteiger partial charge in [0.2, 0.25) is 0 Å². The number of hydrogen-bond acceptors (Lipinski definition) is 2. The van der Waals surface area contributed by atoms with Gasteiger partial charge < -0.3 is 15.4 Å². The Hall–Kier alpha value is -1.43. The molecule has 0 saturated carbocycles.